The van der Waals surface area contributed by atoms with Gasteiger partial charge in [-0.25, -0.2) is 0 Å². The largest absolute Gasteiger partial charge is 0.285 e. The minimum absolute atomic E-state index is 0.648. The highest BCUT2D eigenvalue weighted by molar-refractivity contribution is 7.85. The minimum atomic E-state index is -4.60. The molecule has 0 fully saturated rings. The zero-order valence-electron chi connectivity index (χ0n) is 16.3. The van der Waals surface area contributed by atoms with Crippen LogP contribution in [0.5, 0.6) is 0 Å². The Balaban J connectivity index is 0.000000340. The molecule has 0 aliphatic rings. The third-order valence-corrected chi connectivity index (χ3v) is 5.00. The molecule has 2 rings (SSSR count). The van der Waals surface area contributed by atoms with Crippen molar-refractivity contribution in [1.82, 2.24) is 0 Å². The summed E-state index contributed by atoms with van der Waals surface area (Å²) in [5.74, 6) is -2.36. The van der Waals surface area contributed by atoms with Crippen LogP contribution in [0.25, 0.3) is 0 Å². The van der Waals surface area contributed by atoms with Crippen molar-refractivity contribution in [3.63, 3.8) is 0 Å². The lowest BCUT2D eigenvalue weighted by Gasteiger charge is -2.01. The molecule has 0 unspecified atom stereocenters. The van der Waals surface area contributed by atoms with E-state index in [0.29, 0.717) is 0 Å². The third kappa shape index (κ3) is 8.09. The highest BCUT2D eigenvalue weighted by Crippen LogP contribution is 2.30. The SMILES string of the molecule is O=[N+]([O-])c1cccc([N+](=O)[O-])c1CS(=O)(=O)O.O=[N+]([O-])c1cccc([N+](=O)[O-])c1CS(=O)(=O)O. The summed E-state index contributed by atoms with van der Waals surface area (Å²) in [6.07, 6.45) is 0. The van der Waals surface area contributed by atoms with E-state index in [9.17, 15) is 57.3 Å². The summed E-state index contributed by atoms with van der Waals surface area (Å²) in [7, 11) is -9.20. The lowest BCUT2D eigenvalue weighted by molar-refractivity contribution is -0.395. The molecular weight excluding hydrogens is 512 g/mol. The third-order valence-electron chi connectivity index (χ3n) is 3.69. The normalized spacial score (nSPS) is 11.1. The molecule has 0 aromatic heterocycles. The zero-order valence-corrected chi connectivity index (χ0v) is 17.9. The first kappa shape index (κ1) is 27.9. The van der Waals surface area contributed by atoms with Crippen LogP contribution in [0.15, 0.2) is 36.4 Å². The number of hydrogen-bond acceptors (Lipinski definition) is 12. The van der Waals surface area contributed by atoms with Gasteiger partial charge in [0.05, 0.1) is 19.7 Å². The number of benzene rings is 2. The van der Waals surface area contributed by atoms with E-state index in [-0.39, 0.29) is 0 Å². The Bertz CT molecular complexity index is 1200. The second-order valence-corrected chi connectivity index (χ2v) is 8.94. The number of rotatable bonds is 8. The summed E-state index contributed by atoms with van der Waals surface area (Å²) in [4.78, 5) is 38.6. The molecule has 2 aromatic rings. The van der Waals surface area contributed by atoms with Gasteiger partial charge in [-0.05, 0) is 12.1 Å². The summed E-state index contributed by atoms with van der Waals surface area (Å²) < 4.78 is 59.9. The molecule has 0 spiro atoms. The summed E-state index contributed by atoms with van der Waals surface area (Å²) in [5.41, 5.74) is -4.20. The summed E-state index contributed by atoms with van der Waals surface area (Å²) in [5, 5.41) is 42.4. The van der Waals surface area contributed by atoms with Gasteiger partial charge in [-0.3, -0.25) is 49.6 Å². The van der Waals surface area contributed by atoms with Crippen LogP contribution in [-0.4, -0.2) is 45.6 Å². The molecule has 18 nitrogen and oxygen atoms in total. The molecule has 184 valence electrons. The maximum Gasteiger partial charge on any atom is 0.280 e. The molecule has 0 radical (unpaired) electrons. The Morgan fingerprint density at radius 1 is 0.559 bits per heavy atom. The second kappa shape index (κ2) is 10.7. The predicted molar refractivity (Wildman–Crippen MR) is 110 cm³/mol. The lowest BCUT2D eigenvalue weighted by atomic mass is 10.1. The van der Waals surface area contributed by atoms with E-state index in [0.717, 1.165) is 36.4 Å². The van der Waals surface area contributed by atoms with Crippen LogP contribution in [-0.2, 0) is 31.7 Å². The van der Waals surface area contributed by atoms with Gasteiger partial charge >= 0.3 is 0 Å². The van der Waals surface area contributed by atoms with Gasteiger partial charge in [-0.1, -0.05) is 0 Å². The van der Waals surface area contributed by atoms with Gasteiger partial charge in [0.15, 0.2) is 0 Å². The fraction of sp³-hybridized carbons (Fsp3) is 0.143. The number of nitro groups is 4. The van der Waals surface area contributed by atoms with Gasteiger partial charge in [-0.2, -0.15) is 16.8 Å². The van der Waals surface area contributed by atoms with Crippen molar-refractivity contribution in [2.75, 3.05) is 0 Å². The van der Waals surface area contributed by atoms with Crippen LogP contribution in [0.4, 0.5) is 22.7 Å². The highest BCUT2D eigenvalue weighted by Gasteiger charge is 2.29. The topological polar surface area (TPSA) is 281 Å². The zero-order chi connectivity index (χ0) is 26.4. The monoisotopic (exact) mass is 524 g/mol. The smallest absolute Gasteiger partial charge is 0.280 e. The Labute approximate surface area is 188 Å². The van der Waals surface area contributed by atoms with Crippen molar-refractivity contribution < 1.29 is 45.6 Å². The number of hydrogen-bond donors (Lipinski definition) is 2. The van der Waals surface area contributed by atoms with Gasteiger partial charge in [0.1, 0.15) is 22.6 Å². The van der Waals surface area contributed by atoms with Crippen molar-refractivity contribution >= 4 is 43.0 Å². The Kier molecular flexibility index (Phi) is 8.74. The van der Waals surface area contributed by atoms with Gasteiger partial charge in [0.2, 0.25) is 0 Å². The molecule has 0 heterocycles. The summed E-state index contributed by atoms with van der Waals surface area (Å²) >= 11 is 0. The van der Waals surface area contributed by atoms with E-state index in [4.69, 9.17) is 9.11 Å². The number of nitrogens with zero attached hydrogens (tertiary/aromatic N) is 4. The lowest BCUT2D eigenvalue weighted by Crippen LogP contribution is -2.07. The molecule has 0 aliphatic heterocycles. The van der Waals surface area contributed by atoms with E-state index in [1.54, 1.807) is 0 Å². The molecule has 2 N–H and O–H groups in total. The van der Waals surface area contributed by atoms with Gasteiger partial charge in [0.25, 0.3) is 43.0 Å². The van der Waals surface area contributed by atoms with Crippen molar-refractivity contribution in [2.24, 2.45) is 0 Å². The van der Waals surface area contributed by atoms with Crippen LogP contribution < -0.4 is 0 Å². The first-order chi connectivity index (χ1) is 15.4. The van der Waals surface area contributed by atoms with E-state index < -0.39 is 85.3 Å². The van der Waals surface area contributed by atoms with E-state index >= 15 is 0 Å². The number of nitro benzene ring substituents is 4. The molecule has 2 aromatic carbocycles. The van der Waals surface area contributed by atoms with Crippen molar-refractivity contribution in [3.05, 3.63) is 88.0 Å². The first-order valence-electron chi connectivity index (χ1n) is 8.16. The summed E-state index contributed by atoms with van der Waals surface area (Å²) in [6.45, 7) is 0. The predicted octanol–water partition coefficient (Wildman–Crippen LogP) is 1.78. The van der Waals surface area contributed by atoms with E-state index in [2.05, 4.69) is 0 Å². The van der Waals surface area contributed by atoms with E-state index in [1.165, 1.54) is 0 Å². The van der Waals surface area contributed by atoms with Crippen molar-refractivity contribution in [3.8, 4) is 0 Å². The van der Waals surface area contributed by atoms with Crippen LogP contribution in [0, 0.1) is 40.5 Å². The van der Waals surface area contributed by atoms with Crippen LogP contribution >= 0.6 is 0 Å². The molecule has 0 amide bonds. The quantitative estimate of drug-likeness (QED) is 0.283. The van der Waals surface area contributed by atoms with Crippen LogP contribution in [0.2, 0.25) is 0 Å². The van der Waals surface area contributed by atoms with Crippen molar-refractivity contribution in [2.45, 2.75) is 11.5 Å². The molecule has 20 heteroatoms. The Morgan fingerprint density at radius 3 is 0.912 bits per heavy atom. The van der Waals surface area contributed by atoms with Gasteiger partial charge < -0.3 is 0 Å². The van der Waals surface area contributed by atoms with Crippen molar-refractivity contribution in [1.29, 1.82) is 0 Å². The average Bonchev–Trinajstić information content (AvgIpc) is 2.65. The second-order valence-electron chi connectivity index (χ2n) is 6.03. The fourth-order valence-corrected chi connectivity index (χ4v) is 3.79. The minimum Gasteiger partial charge on any atom is -0.285 e. The molecule has 0 saturated heterocycles. The first-order valence-corrected chi connectivity index (χ1v) is 11.4. The average molecular weight is 524 g/mol. The molecule has 0 bridgehead atoms. The Morgan fingerprint density at radius 2 is 0.765 bits per heavy atom. The molecular formula is C14H12N4O14S2. The Hall–Kier alpha value is -4.14. The van der Waals surface area contributed by atoms with Crippen LogP contribution in [0.1, 0.15) is 11.1 Å². The molecule has 0 atom stereocenters. The standard InChI is InChI=1S/2C7H6N2O7S/c2*10-8(11)6-2-1-3-7(9(12)13)5(6)4-17(14,15)16/h2*1-3H,4H2,(H,14,15,16). The van der Waals surface area contributed by atoms with Gasteiger partial charge in [0, 0.05) is 24.3 Å². The van der Waals surface area contributed by atoms with Crippen LogP contribution in [0.3, 0.4) is 0 Å². The maximum absolute atomic E-state index is 10.7. The highest BCUT2D eigenvalue weighted by atomic mass is 32.2. The maximum atomic E-state index is 10.7. The molecule has 0 saturated carbocycles. The van der Waals surface area contributed by atoms with E-state index in [1.807, 2.05) is 0 Å². The molecule has 34 heavy (non-hydrogen) atoms. The van der Waals surface area contributed by atoms with Gasteiger partial charge in [-0.15, -0.1) is 0 Å². The molecule has 0 aliphatic carbocycles. The fourth-order valence-electron chi connectivity index (χ4n) is 2.47. The summed E-state index contributed by atoms with van der Waals surface area (Å²) in [6, 6.07) is 5.82.